The van der Waals surface area contributed by atoms with E-state index >= 15 is 0 Å². The number of rotatable bonds is 5. The van der Waals surface area contributed by atoms with E-state index in [2.05, 4.69) is 19.2 Å². The maximum Gasteiger partial charge on any atom is 0.337 e. The molecule has 104 valence electrons. The zero-order valence-electron chi connectivity index (χ0n) is 11.3. The summed E-state index contributed by atoms with van der Waals surface area (Å²) in [5.41, 5.74) is -0.409. The number of benzene rings is 1. The first-order valence-corrected chi connectivity index (χ1v) is 6.08. The van der Waals surface area contributed by atoms with Crippen LogP contribution in [-0.4, -0.2) is 34.2 Å². The van der Waals surface area contributed by atoms with Crippen molar-refractivity contribution in [2.75, 3.05) is 6.54 Å². The summed E-state index contributed by atoms with van der Waals surface area (Å²) >= 11 is 0. The highest BCUT2D eigenvalue weighted by molar-refractivity contribution is 5.94. The second-order valence-corrected chi connectivity index (χ2v) is 5.04. The molecule has 0 aliphatic carbocycles. The molecule has 0 saturated carbocycles. The number of nitrogens with one attached hydrogen (secondary N) is 1. The van der Waals surface area contributed by atoms with Crippen molar-refractivity contribution in [1.82, 2.24) is 5.32 Å². The average Bonchev–Trinajstić information content (AvgIpc) is 2.36. The van der Waals surface area contributed by atoms with Crippen LogP contribution in [0.4, 0.5) is 0 Å². The molecule has 0 aliphatic heterocycles. The van der Waals surface area contributed by atoms with E-state index in [0.29, 0.717) is 11.5 Å². The fourth-order valence-electron chi connectivity index (χ4n) is 1.45. The lowest BCUT2D eigenvalue weighted by atomic mass is 10.0. The molecule has 1 aromatic rings. The minimum atomic E-state index is -1.96. The summed E-state index contributed by atoms with van der Waals surface area (Å²) in [7, 11) is 0. The number of carboxylic acid groups (broad SMARTS) is 1. The van der Waals surface area contributed by atoms with Crippen LogP contribution in [0, 0.1) is 0 Å². The summed E-state index contributed by atoms with van der Waals surface area (Å²) in [6.07, 6.45) is 0. The molecule has 0 saturated heterocycles. The minimum Gasteiger partial charge on any atom is -0.479 e. The van der Waals surface area contributed by atoms with Crippen molar-refractivity contribution in [2.24, 2.45) is 0 Å². The number of carbonyl (C=O) groups is 2. The third-order valence-electron chi connectivity index (χ3n) is 2.89. The van der Waals surface area contributed by atoms with Crippen LogP contribution in [0.5, 0.6) is 0 Å². The first-order chi connectivity index (χ1) is 8.74. The summed E-state index contributed by atoms with van der Waals surface area (Å²) in [4.78, 5) is 22.5. The molecular weight excluding hydrogens is 246 g/mol. The maximum absolute atomic E-state index is 11.8. The van der Waals surface area contributed by atoms with Crippen LogP contribution in [0.15, 0.2) is 24.3 Å². The summed E-state index contributed by atoms with van der Waals surface area (Å²) in [6, 6.07) is 7.07. The highest BCUT2D eigenvalue weighted by Crippen LogP contribution is 2.14. The Balaban J connectivity index is 2.66. The third kappa shape index (κ3) is 4.06. The Morgan fingerprint density at radius 1 is 1.26 bits per heavy atom. The molecule has 1 aromatic carbocycles. The summed E-state index contributed by atoms with van der Waals surface area (Å²) < 4.78 is 0. The Bertz CT molecular complexity index is 463. The molecule has 0 aromatic heterocycles. The molecule has 3 N–H and O–H groups in total. The molecule has 1 amide bonds. The van der Waals surface area contributed by atoms with E-state index in [1.807, 2.05) is 12.1 Å². The molecule has 0 bridgehead atoms. The van der Waals surface area contributed by atoms with Crippen LogP contribution in [0.25, 0.3) is 0 Å². The monoisotopic (exact) mass is 265 g/mol. The molecule has 0 radical (unpaired) electrons. The van der Waals surface area contributed by atoms with Crippen LogP contribution in [0.2, 0.25) is 0 Å². The van der Waals surface area contributed by atoms with Gasteiger partial charge in [-0.05, 0) is 30.5 Å². The van der Waals surface area contributed by atoms with E-state index in [-0.39, 0.29) is 6.54 Å². The number of carbonyl (C=O) groups excluding carboxylic acids is 1. The van der Waals surface area contributed by atoms with Crippen molar-refractivity contribution in [3.8, 4) is 0 Å². The SMILES string of the molecule is CC(C)c1ccc(C(=O)NCC(C)(O)C(=O)O)cc1. The number of aliphatic carboxylic acids is 1. The molecule has 1 atom stereocenters. The predicted molar refractivity (Wildman–Crippen MR) is 71.1 cm³/mol. The molecule has 0 fully saturated rings. The van der Waals surface area contributed by atoms with Gasteiger partial charge in [0.1, 0.15) is 0 Å². The fraction of sp³-hybridized carbons (Fsp3) is 0.429. The van der Waals surface area contributed by atoms with Gasteiger partial charge in [-0.25, -0.2) is 4.79 Å². The first-order valence-electron chi connectivity index (χ1n) is 6.08. The summed E-state index contributed by atoms with van der Waals surface area (Å²) in [6.45, 7) is 4.91. The van der Waals surface area contributed by atoms with Gasteiger partial charge < -0.3 is 15.5 Å². The van der Waals surface area contributed by atoms with Gasteiger partial charge in [-0.2, -0.15) is 0 Å². The first kappa shape index (κ1) is 15.2. The number of aliphatic hydroxyl groups is 1. The molecule has 5 heteroatoms. The van der Waals surface area contributed by atoms with Crippen LogP contribution in [0.3, 0.4) is 0 Å². The van der Waals surface area contributed by atoms with E-state index in [1.54, 1.807) is 12.1 Å². The van der Waals surface area contributed by atoms with Crippen molar-refractivity contribution < 1.29 is 19.8 Å². The summed E-state index contributed by atoms with van der Waals surface area (Å²) in [5, 5.41) is 20.6. The number of hydrogen-bond acceptors (Lipinski definition) is 3. The third-order valence-corrected chi connectivity index (χ3v) is 2.89. The van der Waals surface area contributed by atoms with Crippen molar-refractivity contribution in [3.05, 3.63) is 35.4 Å². The smallest absolute Gasteiger partial charge is 0.337 e. The minimum absolute atomic E-state index is 0.340. The topological polar surface area (TPSA) is 86.6 Å². The van der Waals surface area contributed by atoms with Crippen molar-refractivity contribution >= 4 is 11.9 Å². The Morgan fingerprint density at radius 3 is 2.21 bits per heavy atom. The number of hydrogen-bond donors (Lipinski definition) is 3. The van der Waals surface area contributed by atoms with Gasteiger partial charge in [-0.15, -0.1) is 0 Å². The zero-order valence-corrected chi connectivity index (χ0v) is 11.3. The van der Waals surface area contributed by atoms with Crippen molar-refractivity contribution in [3.63, 3.8) is 0 Å². The molecule has 19 heavy (non-hydrogen) atoms. The van der Waals surface area contributed by atoms with Gasteiger partial charge in [0.2, 0.25) is 0 Å². The van der Waals surface area contributed by atoms with Crippen LogP contribution < -0.4 is 5.32 Å². The maximum atomic E-state index is 11.8. The normalized spacial score (nSPS) is 13.9. The second kappa shape index (κ2) is 5.84. The number of amides is 1. The Labute approximate surface area is 112 Å². The molecule has 1 rings (SSSR count). The van der Waals surface area contributed by atoms with Gasteiger partial charge in [0.25, 0.3) is 5.91 Å². The van der Waals surface area contributed by atoms with Gasteiger partial charge in [0.05, 0.1) is 6.54 Å². The van der Waals surface area contributed by atoms with E-state index in [9.17, 15) is 14.7 Å². The molecular formula is C14H19NO4. The second-order valence-electron chi connectivity index (χ2n) is 5.04. The van der Waals surface area contributed by atoms with E-state index < -0.39 is 17.5 Å². The molecule has 1 unspecified atom stereocenters. The van der Waals surface area contributed by atoms with Crippen LogP contribution in [0.1, 0.15) is 42.6 Å². The van der Waals surface area contributed by atoms with E-state index in [1.165, 1.54) is 0 Å². The standard InChI is InChI=1S/C14H19NO4/c1-9(2)10-4-6-11(7-5-10)12(16)15-8-14(3,19)13(17)18/h4-7,9,19H,8H2,1-3H3,(H,15,16)(H,17,18). The molecule has 0 aliphatic rings. The highest BCUT2D eigenvalue weighted by atomic mass is 16.4. The predicted octanol–water partition coefficient (Wildman–Crippen LogP) is 1.38. The van der Waals surface area contributed by atoms with Crippen molar-refractivity contribution in [1.29, 1.82) is 0 Å². The lowest BCUT2D eigenvalue weighted by Gasteiger charge is -2.18. The van der Waals surface area contributed by atoms with E-state index in [4.69, 9.17) is 5.11 Å². The van der Waals surface area contributed by atoms with E-state index in [0.717, 1.165) is 12.5 Å². The largest absolute Gasteiger partial charge is 0.479 e. The zero-order chi connectivity index (χ0) is 14.6. The fourth-order valence-corrected chi connectivity index (χ4v) is 1.45. The lowest BCUT2D eigenvalue weighted by molar-refractivity contribution is -0.155. The average molecular weight is 265 g/mol. The van der Waals surface area contributed by atoms with Gasteiger partial charge >= 0.3 is 5.97 Å². The Hall–Kier alpha value is -1.88. The van der Waals surface area contributed by atoms with Gasteiger partial charge in [-0.3, -0.25) is 4.79 Å². The van der Waals surface area contributed by atoms with Crippen LogP contribution in [-0.2, 0) is 4.79 Å². The van der Waals surface area contributed by atoms with Crippen molar-refractivity contribution in [2.45, 2.75) is 32.3 Å². The van der Waals surface area contributed by atoms with Gasteiger partial charge in [-0.1, -0.05) is 26.0 Å². The highest BCUT2D eigenvalue weighted by Gasteiger charge is 2.30. The lowest BCUT2D eigenvalue weighted by Crippen LogP contribution is -2.46. The molecule has 0 heterocycles. The van der Waals surface area contributed by atoms with Gasteiger partial charge in [0.15, 0.2) is 5.60 Å². The number of carboxylic acids is 1. The Kier molecular flexibility index (Phi) is 4.67. The summed E-state index contributed by atoms with van der Waals surface area (Å²) in [5.74, 6) is -1.40. The quantitative estimate of drug-likeness (QED) is 0.750. The van der Waals surface area contributed by atoms with Gasteiger partial charge in [0, 0.05) is 5.56 Å². The Morgan fingerprint density at radius 2 is 1.79 bits per heavy atom. The molecule has 5 nitrogen and oxygen atoms in total. The molecule has 0 spiro atoms. The van der Waals surface area contributed by atoms with Crippen LogP contribution >= 0.6 is 0 Å².